The van der Waals surface area contributed by atoms with Crippen molar-refractivity contribution in [2.75, 3.05) is 12.8 Å². The lowest BCUT2D eigenvalue weighted by atomic mass is 10.1. The number of rotatable bonds is 3. The molecule has 13 heavy (non-hydrogen) atoms. The van der Waals surface area contributed by atoms with Crippen LogP contribution in [0.1, 0.15) is 26.7 Å². The van der Waals surface area contributed by atoms with Crippen LogP contribution in [-0.2, 0) is 9.84 Å². The lowest BCUT2D eigenvalue weighted by Crippen LogP contribution is -2.34. The van der Waals surface area contributed by atoms with Crippen molar-refractivity contribution < 1.29 is 8.42 Å². The van der Waals surface area contributed by atoms with Crippen molar-refractivity contribution in [2.45, 2.75) is 38.0 Å². The van der Waals surface area contributed by atoms with Crippen LogP contribution < -0.4 is 5.32 Å². The summed E-state index contributed by atoms with van der Waals surface area (Å²) in [5.74, 6) is 0.535. The molecule has 1 saturated carbocycles. The highest BCUT2D eigenvalue weighted by atomic mass is 32.2. The molecule has 0 aromatic rings. The molecule has 0 aromatic heterocycles. The molecule has 1 rings (SSSR count). The number of hydrogen-bond acceptors (Lipinski definition) is 3. The fraction of sp³-hybridized carbons (Fsp3) is 1.00. The summed E-state index contributed by atoms with van der Waals surface area (Å²) in [6.45, 7) is 3.76. The lowest BCUT2D eigenvalue weighted by molar-refractivity contribution is 0.453. The van der Waals surface area contributed by atoms with E-state index >= 15 is 0 Å². The Balaban J connectivity index is 2.76. The van der Waals surface area contributed by atoms with E-state index in [0.717, 1.165) is 12.8 Å². The predicted octanol–water partition coefficient (Wildman–Crippen LogP) is 0.808. The van der Waals surface area contributed by atoms with Crippen molar-refractivity contribution in [1.29, 1.82) is 0 Å². The molecule has 1 aliphatic carbocycles. The molecule has 0 radical (unpaired) electrons. The van der Waals surface area contributed by atoms with E-state index in [2.05, 4.69) is 5.32 Å². The van der Waals surface area contributed by atoms with Crippen molar-refractivity contribution in [3.05, 3.63) is 0 Å². The zero-order chi connectivity index (χ0) is 10.1. The summed E-state index contributed by atoms with van der Waals surface area (Å²) in [4.78, 5) is 0. The van der Waals surface area contributed by atoms with E-state index in [1.54, 1.807) is 6.92 Å². The van der Waals surface area contributed by atoms with Gasteiger partial charge in [0.05, 0.1) is 5.25 Å². The van der Waals surface area contributed by atoms with Crippen LogP contribution in [0.5, 0.6) is 0 Å². The molecule has 3 unspecified atom stereocenters. The van der Waals surface area contributed by atoms with Gasteiger partial charge in [0.25, 0.3) is 0 Å². The first kappa shape index (κ1) is 11.0. The van der Waals surface area contributed by atoms with Crippen LogP contribution in [0.25, 0.3) is 0 Å². The Morgan fingerprint density at radius 3 is 2.38 bits per heavy atom. The zero-order valence-corrected chi connectivity index (χ0v) is 9.39. The average Bonchev–Trinajstić information content (AvgIpc) is 2.47. The van der Waals surface area contributed by atoms with Crippen LogP contribution in [0.4, 0.5) is 0 Å². The van der Waals surface area contributed by atoms with Crippen molar-refractivity contribution in [3.8, 4) is 0 Å². The zero-order valence-electron chi connectivity index (χ0n) is 8.58. The molecule has 78 valence electrons. The van der Waals surface area contributed by atoms with Crippen LogP contribution in [0, 0.1) is 5.92 Å². The molecule has 3 atom stereocenters. The first-order chi connectivity index (χ1) is 6.03. The van der Waals surface area contributed by atoms with Crippen molar-refractivity contribution in [2.24, 2.45) is 5.92 Å². The average molecular weight is 205 g/mol. The monoisotopic (exact) mass is 205 g/mol. The maximum absolute atomic E-state index is 11.6. The normalized spacial score (nSPS) is 35.2. The molecule has 0 bridgehead atoms. The van der Waals surface area contributed by atoms with Gasteiger partial charge in [-0.25, -0.2) is 8.42 Å². The first-order valence-electron chi connectivity index (χ1n) is 4.91. The Bertz CT molecular complexity index is 261. The van der Waals surface area contributed by atoms with Gasteiger partial charge < -0.3 is 5.32 Å². The second-order valence-electron chi connectivity index (χ2n) is 3.82. The van der Waals surface area contributed by atoms with Crippen LogP contribution in [-0.4, -0.2) is 32.5 Å². The highest BCUT2D eigenvalue weighted by Crippen LogP contribution is 2.31. The summed E-state index contributed by atoms with van der Waals surface area (Å²) in [5, 5.41) is 3.06. The van der Waals surface area contributed by atoms with Gasteiger partial charge in [0.15, 0.2) is 9.84 Å². The summed E-state index contributed by atoms with van der Waals surface area (Å²) < 4.78 is 23.3. The summed E-state index contributed by atoms with van der Waals surface area (Å²) in [5.41, 5.74) is 0. The number of nitrogens with one attached hydrogen (secondary N) is 1. The molecule has 1 aliphatic rings. The Hall–Kier alpha value is -0.0900. The van der Waals surface area contributed by atoms with Gasteiger partial charge in [-0.3, -0.25) is 0 Å². The predicted molar refractivity (Wildman–Crippen MR) is 54.5 cm³/mol. The van der Waals surface area contributed by atoms with Gasteiger partial charge in [-0.1, -0.05) is 13.8 Å². The molecule has 0 aromatic carbocycles. The van der Waals surface area contributed by atoms with Crippen LogP contribution in [0.2, 0.25) is 0 Å². The van der Waals surface area contributed by atoms with Gasteiger partial charge >= 0.3 is 0 Å². The van der Waals surface area contributed by atoms with E-state index < -0.39 is 9.84 Å². The maximum atomic E-state index is 11.6. The third-order valence-electron chi connectivity index (χ3n) is 3.22. The van der Waals surface area contributed by atoms with Crippen molar-refractivity contribution in [1.82, 2.24) is 5.32 Å². The van der Waals surface area contributed by atoms with Gasteiger partial charge in [0.1, 0.15) is 0 Å². The maximum Gasteiger partial charge on any atom is 0.153 e. The Morgan fingerprint density at radius 2 is 2.00 bits per heavy atom. The van der Waals surface area contributed by atoms with Gasteiger partial charge in [-0.05, 0) is 25.8 Å². The second-order valence-corrected chi connectivity index (χ2v) is 6.33. The minimum absolute atomic E-state index is 0.116. The molecule has 3 nitrogen and oxygen atoms in total. The summed E-state index contributed by atoms with van der Waals surface area (Å²) in [6.07, 6.45) is 1.81. The minimum atomic E-state index is -2.83. The third kappa shape index (κ3) is 2.05. The van der Waals surface area contributed by atoms with E-state index in [4.69, 9.17) is 0 Å². The van der Waals surface area contributed by atoms with E-state index in [-0.39, 0.29) is 16.9 Å². The van der Waals surface area contributed by atoms with Crippen LogP contribution in [0.3, 0.4) is 0 Å². The number of hydrogen-bond donors (Lipinski definition) is 1. The molecule has 4 heteroatoms. The SMILES string of the molecule is CCS(=O)(=O)C1CCC(NC)C1C. The van der Waals surface area contributed by atoms with Crippen LogP contribution >= 0.6 is 0 Å². The first-order valence-corrected chi connectivity index (χ1v) is 6.63. The fourth-order valence-electron chi connectivity index (χ4n) is 2.26. The van der Waals surface area contributed by atoms with Gasteiger partial charge in [-0.2, -0.15) is 0 Å². The fourth-order valence-corrected chi connectivity index (χ4v) is 4.02. The molecule has 1 N–H and O–H groups in total. The highest BCUT2D eigenvalue weighted by Gasteiger charge is 2.38. The standard InChI is InChI=1S/C9H19NO2S/c1-4-13(11,12)9-6-5-8(10-3)7(9)2/h7-10H,4-6H2,1-3H3. The minimum Gasteiger partial charge on any atom is -0.317 e. The third-order valence-corrected chi connectivity index (χ3v) is 5.61. The van der Waals surface area contributed by atoms with Gasteiger partial charge in [0.2, 0.25) is 0 Å². The molecule has 0 aliphatic heterocycles. The Morgan fingerprint density at radius 1 is 1.38 bits per heavy atom. The quantitative estimate of drug-likeness (QED) is 0.741. The van der Waals surface area contributed by atoms with E-state index in [1.165, 1.54) is 0 Å². The molecule has 0 heterocycles. The summed E-state index contributed by atoms with van der Waals surface area (Å²) >= 11 is 0. The Kier molecular flexibility index (Phi) is 3.35. The van der Waals surface area contributed by atoms with E-state index in [1.807, 2.05) is 14.0 Å². The molecule has 0 amide bonds. The molecular weight excluding hydrogens is 186 g/mol. The molecule has 0 spiro atoms. The van der Waals surface area contributed by atoms with Crippen molar-refractivity contribution in [3.63, 3.8) is 0 Å². The molecular formula is C9H19NO2S. The van der Waals surface area contributed by atoms with E-state index in [9.17, 15) is 8.42 Å². The highest BCUT2D eigenvalue weighted by molar-refractivity contribution is 7.92. The topological polar surface area (TPSA) is 46.2 Å². The van der Waals surface area contributed by atoms with Gasteiger partial charge in [0, 0.05) is 11.8 Å². The summed E-state index contributed by atoms with van der Waals surface area (Å²) in [6, 6.07) is 0.381. The van der Waals surface area contributed by atoms with Crippen LogP contribution in [0.15, 0.2) is 0 Å². The Labute approximate surface area is 80.8 Å². The van der Waals surface area contributed by atoms with E-state index in [0.29, 0.717) is 6.04 Å². The molecule has 0 saturated heterocycles. The second kappa shape index (κ2) is 3.96. The largest absolute Gasteiger partial charge is 0.317 e. The van der Waals surface area contributed by atoms with Gasteiger partial charge in [-0.15, -0.1) is 0 Å². The van der Waals surface area contributed by atoms with Crippen molar-refractivity contribution >= 4 is 9.84 Å². The smallest absolute Gasteiger partial charge is 0.153 e. The lowest BCUT2D eigenvalue weighted by Gasteiger charge is -2.19. The molecule has 1 fully saturated rings. The number of sulfone groups is 1. The summed E-state index contributed by atoms with van der Waals surface area (Å²) in [7, 11) is -0.925.